The number of halogens is 1. The third-order valence-corrected chi connectivity index (χ3v) is 4.42. The Balaban J connectivity index is 1.87. The number of benzene rings is 3. The van der Waals surface area contributed by atoms with Gasteiger partial charge in [0.15, 0.2) is 6.23 Å². The van der Waals surface area contributed by atoms with Gasteiger partial charge < -0.3 is 9.64 Å². The van der Waals surface area contributed by atoms with Gasteiger partial charge in [-0.2, -0.15) is 0 Å². The maximum absolute atomic E-state index is 6.33. The largest absolute Gasteiger partial charge is 0.470 e. The van der Waals surface area contributed by atoms with Gasteiger partial charge in [-0.25, -0.2) is 0 Å². The lowest BCUT2D eigenvalue weighted by molar-refractivity contribution is 0.217. The van der Waals surface area contributed by atoms with Crippen LogP contribution in [0.15, 0.2) is 78.9 Å². The molecule has 0 bridgehead atoms. The topological polar surface area (TPSA) is 12.5 Å². The van der Waals surface area contributed by atoms with Gasteiger partial charge in [-0.3, -0.25) is 0 Å². The average Bonchev–Trinajstić information content (AvgIpc) is 2.63. The molecular formula is C22H22ClNO. The van der Waals surface area contributed by atoms with Crippen LogP contribution in [-0.4, -0.2) is 12.8 Å². The fraction of sp³-hybridized carbons (Fsp3) is 0.182. The van der Waals surface area contributed by atoms with Crippen LogP contribution >= 0.6 is 11.6 Å². The molecule has 0 aliphatic rings. The summed E-state index contributed by atoms with van der Waals surface area (Å²) >= 11 is 6.15. The minimum absolute atomic E-state index is 0.117. The second-order valence-corrected chi connectivity index (χ2v) is 6.28. The molecule has 0 radical (unpaired) electrons. The molecule has 3 rings (SSSR count). The summed E-state index contributed by atoms with van der Waals surface area (Å²) in [6.45, 7) is 5.01. The zero-order valence-electron chi connectivity index (χ0n) is 14.5. The highest BCUT2D eigenvalue weighted by Gasteiger charge is 2.16. The quantitative estimate of drug-likeness (QED) is 0.486. The standard InChI is InChI=1S/C22H22ClNO/c1-3-24(20-13-9-12-19(23)16-20)17(2)25-22-15-8-7-14-21(22)18-10-5-4-6-11-18/h4-17H,3H2,1-2H3. The molecular weight excluding hydrogens is 330 g/mol. The molecule has 3 aromatic carbocycles. The Morgan fingerprint density at radius 1 is 0.920 bits per heavy atom. The first kappa shape index (κ1) is 17.4. The highest BCUT2D eigenvalue weighted by molar-refractivity contribution is 6.30. The summed E-state index contributed by atoms with van der Waals surface area (Å²) < 4.78 is 6.33. The van der Waals surface area contributed by atoms with E-state index in [1.54, 1.807) is 0 Å². The molecule has 128 valence electrons. The first-order chi connectivity index (χ1) is 12.2. The van der Waals surface area contributed by atoms with Crippen molar-refractivity contribution in [2.24, 2.45) is 0 Å². The fourth-order valence-electron chi connectivity index (χ4n) is 2.98. The number of hydrogen-bond acceptors (Lipinski definition) is 2. The van der Waals surface area contributed by atoms with Gasteiger partial charge in [-0.1, -0.05) is 66.2 Å². The van der Waals surface area contributed by atoms with Crippen molar-refractivity contribution in [2.45, 2.75) is 20.1 Å². The fourth-order valence-corrected chi connectivity index (χ4v) is 3.16. The van der Waals surface area contributed by atoms with Crippen LogP contribution in [0.1, 0.15) is 13.8 Å². The summed E-state index contributed by atoms with van der Waals surface area (Å²) in [5.74, 6) is 0.877. The summed E-state index contributed by atoms with van der Waals surface area (Å²) in [5, 5.41) is 0.729. The predicted octanol–water partition coefficient (Wildman–Crippen LogP) is 6.26. The summed E-state index contributed by atoms with van der Waals surface area (Å²) in [6.07, 6.45) is -0.117. The van der Waals surface area contributed by atoms with Crippen molar-refractivity contribution in [1.29, 1.82) is 0 Å². The smallest absolute Gasteiger partial charge is 0.169 e. The first-order valence-corrected chi connectivity index (χ1v) is 8.90. The van der Waals surface area contributed by atoms with Crippen LogP contribution in [0.2, 0.25) is 5.02 Å². The lowest BCUT2D eigenvalue weighted by Gasteiger charge is -2.31. The maximum atomic E-state index is 6.33. The molecule has 0 aliphatic carbocycles. The molecule has 0 fully saturated rings. The van der Waals surface area contributed by atoms with Crippen molar-refractivity contribution >= 4 is 17.3 Å². The van der Waals surface area contributed by atoms with Crippen molar-refractivity contribution in [3.05, 3.63) is 83.9 Å². The van der Waals surface area contributed by atoms with Crippen LogP contribution in [0.3, 0.4) is 0 Å². The van der Waals surface area contributed by atoms with Gasteiger partial charge in [0.2, 0.25) is 0 Å². The molecule has 3 heteroatoms. The van der Waals surface area contributed by atoms with Gasteiger partial charge in [0, 0.05) is 22.8 Å². The van der Waals surface area contributed by atoms with Crippen molar-refractivity contribution in [2.75, 3.05) is 11.4 Å². The SMILES string of the molecule is CCN(c1cccc(Cl)c1)C(C)Oc1ccccc1-c1ccccc1. The number of rotatable bonds is 6. The monoisotopic (exact) mass is 351 g/mol. The molecule has 0 aromatic heterocycles. The summed E-state index contributed by atoms with van der Waals surface area (Å²) in [7, 11) is 0. The second kappa shape index (κ2) is 8.09. The summed E-state index contributed by atoms with van der Waals surface area (Å²) in [6, 6.07) is 26.3. The molecule has 0 amide bonds. The van der Waals surface area contributed by atoms with E-state index >= 15 is 0 Å². The Labute approximate surface area is 154 Å². The molecule has 0 saturated heterocycles. The number of anilines is 1. The molecule has 2 nitrogen and oxygen atoms in total. The second-order valence-electron chi connectivity index (χ2n) is 5.85. The highest BCUT2D eigenvalue weighted by atomic mass is 35.5. The predicted molar refractivity (Wildman–Crippen MR) is 106 cm³/mol. The van der Waals surface area contributed by atoms with E-state index < -0.39 is 0 Å². The first-order valence-electron chi connectivity index (χ1n) is 8.52. The Morgan fingerprint density at radius 2 is 1.64 bits per heavy atom. The molecule has 0 spiro atoms. The molecule has 0 aliphatic heterocycles. The normalized spacial score (nSPS) is 11.8. The van der Waals surface area contributed by atoms with Crippen LogP contribution in [-0.2, 0) is 0 Å². The zero-order chi connectivity index (χ0) is 17.6. The van der Waals surface area contributed by atoms with E-state index in [0.29, 0.717) is 0 Å². The van der Waals surface area contributed by atoms with E-state index in [4.69, 9.17) is 16.3 Å². The van der Waals surface area contributed by atoms with Crippen LogP contribution in [0, 0.1) is 0 Å². The van der Waals surface area contributed by atoms with Gasteiger partial charge in [0.25, 0.3) is 0 Å². The van der Waals surface area contributed by atoms with Crippen LogP contribution in [0.4, 0.5) is 5.69 Å². The van der Waals surface area contributed by atoms with E-state index in [1.807, 2.05) is 54.6 Å². The van der Waals surface area contributed by atoms with Crippen molar-refractivity contribution < 1.29 is 4.74 Å². The van der Waals surface area contributed by atoms with Gasteiger partial charge in [-0.15, -0.1) is 0 Å². The zero-order valence-corrected chi connectivity index (χ0v) is 15.3. The average molecular weight is 352 g/mol. The number of hydrogen-bond donors (Lipinski definition) is 0. The summed E-state index contributed by atoms with van der Waals surface area (Å²) in [4.78, 5) is 2.19. The Kier molecular flexibility index (Phi) is 5.62. The van der Waals surface area contributed by atoms with E-state index in [1.165, 1.54) is 0 Å². The lowest BCUT2D eigenvalue weighted by Crippen LogP contribution is -2.37. The Morgan fingerprint density at radius 3 is 2.36 bits per heavy atom. The molecule has 1 atom stereocenters. The lowest BCUT2D eigenvalue weighted by atomic mass is 10.1. The van der Waals surface area contributed by atoms with Gasteiger partial charge in [0.05, 0.1) is 0 Å². The van der Waals surface area contributed by atoms with Crippen molar-refractivity contribution in [1.82, 2.24) is 0 Å². The number of ether oxygens (including phenoxy) is 1. The van der Waals surface area contributed by atoms with Gasteiger partial charge in [-0.05, 0) is 43.7 Å². The molecule has 3 aromatic rings. The van der Waals surface area contributed by atoms with Gasteiger partial charge >= 0.3 is 0 Å². The van der Waals surface area contributed by atoms with Crippen molar-refractivity contribution in [3.8, 4) is 16.9 Å². The van der Waals surface area contributed by atoms with E-state index in [9.17, 15) is 0 Å². The minimum atomic E-state index is -0.117. The maximum Gasteiger partial charge on any atom is 0.169 e. The van der Waals surface area contributed by atoms with E-state index in [2.05, 4.69) is 43.0 Å². The highest BCUT2D eigenvalue weighted by Crippen LogP contribution is 2.31. The molecule has 1 unspecified atom stereocenters. The Hall–Kier alpha value is -2.45. The number of para-hydroxylation sites is 1. The van der Waals surface area contributed by atoms with Crippen molar-refractivity contribution in [3.63, 3.8) is 0 Å². The molecule has 0 N–H and O–H groups in total. The third kappa shape index (κ3) is 4.15. The Bertz CT molecular complexity index is 819. The molecule has 25 heavy (non-hydrogen) atoms. The van der Waals surface area contributed by atoms with E-state index in [0.717, 1.165) is 34.1 Å². The molecule has 0 saturated carbocycles. The van der Waals surface area contributed by atoms with Gasteiger partial charge in [0.1, 0.15) is 5.75 Å². The van der Waals surface area contributed by atoms with Crippen LogP contribution < -0.4 is 9.64 Å². The third-order valence-electron chi connectivity index (χ3n) is 4.19. The van der Waals surface area contributed by atoms with Crippen LogP contribution in [0.25, 0.3) is 11.1 Å². The molecule has 0 heterocycles. The van der Waals surface area contributed by atoms with Crippen LogP contribution in [0.5, 0.6) is 5.75 Å². The summed E-state index contributed by atoms with van der Waals surface area (Å²) in [5.41, 5.74) is 3.30. The van der Waals surface area contributed by atoms with E-state index in [-0.39, 0.29) is 6.23 Å². The number of nitrogens with zero attached hydrogens (tertiary/aromatic N) is 1. The minimum Gasteiger partial charge on any atom is -0.470 e.